The molecule has 0 unspecified atom stereocenters. The van der Waals surface area contributed by atoms with Crippen molar-refractivity contribution in [2.24, 2.45) is 4.99 Å². The normalized spacial score (nSPS) is 10.7. The van der Waals surface area contributed by atoms with Crippen LogP contribution in [0.3, 0.4) is 0 Å². The number of nitrogens with one attached hydrogen (secondary N) is 3. The molecule has 0 aliphatic rings. The Labute approximate surface area is 180 Å². The lowest BCUT2D eigenvalue weighted by atomic mass is 10.1. The zero-order valence-corrected chi connectivity index (χ0v) is 18.1. The third-order valence-corrected chi connectivity index (χ3v) is 3.80. The lowest BCUT2D eigenvalue weighted by Gasteiger charge is -2.12. The van der Waals surface area contributed by atoms with Gasteiger partial charge in [-0.15, -0.1) is 24.0 Å². The molecule has 0 heterocycles. The zero-order valence-electron chi connectivity index (χ0n) is 15.0. The molecule has 0 spiro atoms. The molecule has 0 aliphatic heterocycles. The summed E-state index contributed by atoms with van der Waals surface area (Å²) in [5, 5.41) is 9.76. The molecular weight excluding hydrogens is 482 g/mol. The van der Waals surface area contributed by atoms with Crippen molar-refractivity contribution in [1.82, 2.24) is 16.0 Å². The number of hydrogen-bond donors (Lipinski definition) is 3. The fourth-order valence-electron chi connectivity index (χ4n) is 2.33. The first kappa shape index (κ1) is 23.2. The molecule has 0 bridgehead atoms. The van der Waals surface area contributed by atoms with Crippen LogP contribution in [0.25, 0.3) is 0 Å². The molecule has 3 N–H and O–H groups in total. The second-order valence-electron chi connectivity index (χ2n) is 5.64. The third kappa shape index (κ3) is 9.05. The van der Waals surface area contributed by atoms with Crippen LogP contribution in [0.2, 0.25) is 5.02 Å². The first-order valence-corrected chi connectivity index (χ1v) is 8.64. The molecule has 8 heteroatoms. The minimum atomic E-state index is -0.341. The number of halogens is 3. The summed E-state index contributed by atoms with van der Waals surface area (Å²) in [7, 11) is 1.68. The number of nitrogens with zero attached hydrogens (tertiary/aromatic N) is 1. The molecule has 0 radical (unpaired) electrons. The summed E-state index contributed by atoms with van der Waals surface area (Å²) >= 11 is 5.96. The summed E-state index contributed by atoms with van der Waals surface area (Å²) in [4.78, 5) is 16.0. The minimum Gasteiger partial charge on any atom is -0.355 e. The van der Waals surface area contributed by atoms with Crippen molar-refractivity contribution in [1.29, 1.82) is 0 Å². The topological polar surface area (TPSA) is 65.5 Å². The van der Waals surface area contributed by atoms with E-state index in [9.17, 15) is 9.18 Å². The first-order chi connectivity index (χ1) is 12.6. The van der Waals surface area contributed by atoms with E-state index in [2.05, 4.69) is 20.9 Å². The van der Waals surface area contributed by atoms with Gasteiger partial charge in [0.1, 0.15) is 5.82 Å². The second kappa shape index (κ2) is 12.5. The SMILES string of the molecule is CN=C(NCCNC(=O)Cc1cccc(F)c1)NCc1cccc(Cl)c1.I. The molecule has 0 aliphatic carbocycles. The zero-order chi connectivity index (χ0) is 18.8. The number of aliphatic imine (C=N–C) groups is 1. The van der Waals surface area contributed by atoms with Gasteiger partial charge in [-0.2, -0.15) is 0 Å². The smallest absolute Gasteiger partial charge is 0.224 e. The highest BCUT2D eigenvalue weighted by atomic mass is 127. The van der Waals surface area contributed by atoms with Crippen molar-refractivity contribution in [2.45, 2.75) is 13.0 Å². The van der Waals surface area contributed by atoms with Crippen molar-refractivity contribution in [3.05, 3.63) is 70.5 Å². The molecule has 1 amide bonds. The van der Waals surface area contributed by atoms with Crippen LogP contribution < -0.4 is 16.0 Å². The van der Waals surface area contributed by atoms with Crippen LogP contribution in [0, 0.1) is 5.82 Å². The van der Waals surface area contributed by atoms with E-state index in [0.717, 1.165) is 5.56 Å². The highest BCUT2D eigenvalue weighted by Gasteiger charge is 2.04. The second-order valence-corrected chi connectivity index (χ2v) is 6.08. The number of guanidine groups is 1. The molecule has 2 aromatic rings. The summed E-state index contributed by atoms with van der Waals surface area (Å²) in [5.74, 6) is 0.134. The van der Waals surface area contributed by atoms with Crippen molar-refractivity contribution in [2.75, 3.05) is 20.1 Å². The molecule has 2 rings (SSSR count). The van der Waals surface area contributed by atoms with E-state index >= 15 is 0 Å². The highest BCUT2D eigenvalue weighted by Crippen LogP contribution is 2.10. The molecule has 0 aromatic heterocycles. The van der Waals surface area contributed by atoms with Gasteiger partial charge in [0.05, 0.1) is 6.42 Å². The lowest BCUT2D eigenvalue weighted by molar-refractivity contribution is -0.120. The predicted octanol–water partition coefficient (Wildman–Crippen LogP) is 3.12. The molecule has 2 aromatic carbocycles. The Bertz CT molecular complexity index is 773. The standard InChI is InChI=1S/C19H22ClFN4O.HI/c1-22-19(25-13-15-5-2-6-16(20)10-15)24-9-8-23-18(26)12-14-4-3-7-17(21)11-14;/h2-7,10-11H,8-9,12-13H2,1H3,(H,23,26)(H2,22,24,25);1H. The van der Waals surface area contributed by atoms with Crippen molar-refractivity contribution in [3.63, 3.8) is 0 Å². The Balaban J connectivity index is 0.00000364. The molecule has 0 atom stereocenters. The largest absolute Gasteiger partial charge is 0.355 e. The maximum absolute atomic E-state index is 13.1. The van der Waals surface area contributed by atoms with E-state index in [-0.39, 0.29) is 42.1 Å². The summed E-state index contributed by atoms with van der Waals surface area (Å²) in [6, 6.07) is 13.6. The van der Waals surface area contributed by atoms with E-state index in [1.807, 2.05) is 24.3 Å². The number of hydrogen-bond acceptors (Lipinski definition) is 2. The lowest BCUT2D eigenvalue weighted by Crippen LogP contribution is -2.41. The Morgan fingerprint density at radius 1 is 1.04 bits per heavy atom. The van der Waals surface area contributed by atoms with Gasteiger partial charge in [0.2, 0.25) is 5.91 Å². The average molecular weight is 505 g/mol. The summed E-state index contributed by atoms with van der Waals surface area (Å²) in [6.07, 6.45) is 0.152. The van der Waals surface area contributed by atoms with Gasteiger partial charge in [-0.1, -0.05) is 35.9 Å². The number of carbonyl (C=O) groups is 1. The number of carbonyl (C=O) groups excluding carboxylic acids is 1. The number of amides is 1. The fourth-order valence-corrected chi connectivity index (χ4v) is 2.54. The van der Waals surface area contributed by atoms with E-state index in [1.54, 1.807) is 19.2 Å². The molecular formula is C19H23ClFIN4O. The van der Waals surface area contributed by atoms with Crippen LogP contribution in [-0.4, -0.2) is 32.0 Å². The summed E-state index contributed by atoms with van der Waals surface area (Å²) in [6.45, 7) is 1.54. The van der Waals surface area contributed by atoms with E-state index in [4.69, 9.17) is 11.6 Å². The van der Waals surface area contributed by atoms with Crippen LogP contribution >= 0.6 is 35.6 Å². The Morgan fingerprint density at radius 3 is 2.44 bits per heavy atom. The molecule has 146 valence electrons. The van der Waals surface area contributed by atoms with Gasteiger partial charge in [0, 0.05) is 31.7 Å². The van der Waals surface area contributed by atoms with E-state index in [1.165, 1.54) is 12.1 Å². The average Bonchev–Trinajstić information content (AvgIpc) is 2.61. The Kier molecular flexibility index (Phi) is 10.7. The van der Waals surface area contributed by atoms with E-state index < -0.39 is 0 Å². The summed E-state index contributed by atoms with van der Waals surface area (Å²) < 4.78 is 13.1. The summed E-state index contributed by atoms with van der Waals surface area (Å²) in [5.41, 5.74) is 1.69. The quantitative estimate of drug-likeness (QED) is 0.235. The molecule has 0 fully saturated rings. The molecule has 0 saturated heterocycles. The highest BCUT2D eigenvalue weighted by molar-refractivity contribution is 14.0. The molecule has 27 heavy (non-hydrogen) atoms. The van der Waals surface area contributed by atoms with Crippen LogP contribution in [0.5, 0.6) is 0 Å². The first-order valence-electron chi connectivity index (χ1n) is 8.27. The molecule has 0 saturated carbocycles. The fraction of sp³-hybridized carbons (Fsp3) is 0.263. The van der Waals surface area contributed by atoms with Crippen LogP contribution in [0.1, 0.15) is 11.1 Å². The maximum Gasteiger partial charge on any atom is 0.224 e. The maximum atomic E-state index is 13.1. The van der Waals surface area contributed by atoms with Gasteiger partial charge in [0.25, 0.3) is 0 Å². The van der Waals surface area contributed by atoms with Gasteiger partial charge in [-0.3, -0.25) is 9.79 Å². The van der Waals surface area contributed by atoms with Gasteiger partial charge in [0.15, 0.2) is 5.96 Å². The third-order valence-electron chi connectivity index (χ3n) is 3.57. The predicted molar refractivity (Wildman–Crippen MR) is 118 cm³/mol. The van der Waals surface area contributed by atoms with Crippen LogP contribution in [0.4, 0.5) is 4.39 Å². The van der Waals surface area contributed by atoms with Crippen molar-refractivity contribution in [3.8, 4) is 0 Å². The van der Waals surface area contributed by atoms with Crippen LogP contribution in [0.15, 0.2) is 53.5 Å². The van der Waals surface area contributed by atoms with Crippen LogP contribution in [-0.2, 0) is 17.8 Å². The van der Waals surface area contributed by atoms with Crippen molar-refractivity contribution < 1.29 is 9.18 Å². The van der Waals surface area contributed by atoms with Gasteiger partial charge >= 0.3 is 0 Å². The van der Waals surface area contributed by atoms with Gasteiger partial charge in [-0.25, -0.2) is 4.39 Å². The molecule has 5 nitrogen and oxygen atoms in total. The Morgan fingerprint density at radius 2 is 1.74 bits per heavy atom. The van der Waals surface area contributed by atoms with Gasteiger partial charge < -0.3 is 16.0 Å². The Hall–Kier alpha value is -1.87. The number of rotatable bonds is 7. The van der Waals surface area contributed by atoms with Crippen molar-refractivity contribution >= 4 is 47.4 Å². The number of benzene rings is 2. The van der Waals surface area contributed by atoms with E-state index in [0.29, 0.717) is 36.2 Å². The minimum absolute atomic E-state index is 0. The monoisotopic (exact) mass is 504 g/mol. The van der Waals surface area contributed by atoms with Gasteiger partial charge in [-0.05, 0) is 35.4 Å².